The van der Waals surface area contributed by atoms with Crippen molar-refractivity contribution in [2.75, 3.05) is 6.54 Å². The number of aliphatic carboxylic acids is 1. The molecule has 0 rings (SSSR count). The third-order valence-electron chi connectivity index (χ3n) is 4.06. The lowest BCUT2D eigenvalue weighted by molar-refractivity contribution is -0.142. The molecular formula is C17H30N6O7. The number of hydrogen-bond acceptors (Lipinski definition) is 7. The maximum atomic E-state index is 12.6. The van der Waals surface area contributed by atoms with Crippen molar-refractivity contribution < 1.29 is 33.9 Å². The molecule has 0 aromatic heterocycles. The zero-order valence-electron chi connectivity index (χ0n) is 17.0. The van der Waals surface area contributed by atoms with Crippen LogP contribution < -0.4 is 33.2 Å². The highest BCUT2D eigenvalue weighted by Gasteiger charge is 2.30. The van der Waals surface area contributed by atoms with Crippen LogP contribution in [-0.2, 0) is 28.8 Å². The van der Waals surface area contributed by atoms with E-state index < -0.39 is 53.6 Å². The molecule has 3 atom stereocenters. The van der Waals surface area contributed by atoms with Crippen molar-refractivity contribution >= 4 is 35.5 Å². The Kier molecular flexibility index (Phi) is 11.7. The SMILES string of the molecule is CC(C)C(NC(=O)CN)C(=O)NC(CCC(N)=O)C(=O)NC(CCC(N)=O)C(=O)O. The summed E-state index contributed by atoms with van der Waals surface area (Å²) >= 11 is 0. The Labute approximate surface area is 173 Å². The van der Waals surface area contributed by atoms with Gasteiger partial charge in [-0.25, -0.2) is 4.79 Å². The van der Waals surface area contributed by atoms with E-state index in [1.54, 1.807) is 13.8 Å². The number of rotatable bonds is 14. The fourth-order valence-corrected chi connectivity index (χ4v) is 2.40. The molecule has 0 heterocycles. The van der Waals surface area contributed by atoms with Crippen molar-refractivity contribution in [3.8, 4) is 0 Å². The lowest BCUT2D eigenvalue weighted by atomic mass is 10.0. The Bertz CT molecular complexity index is 667. The number of amides is 5. The highest BCUT2D eigenvalue weighted by atomic mass is 16.4. The predicted molar refractivity (Wildman–Crippen MR) is 104 cm³/mol. The van der Waals surface area contributed by atoms with Crippen molar-refractivity contribution in [3.05, 3.63) is 0 Å². The van der Waals surface area contributed by atoms with Gasteiger partial charge in [0, 0.05) is 12.8 Å². The van der Waals surface area contributed by atoms with E-state index in [1.165, 1.54) is 0 Å². The summed E-state index contributed by atoms with van der Waals surface area (Å²) in [6.07, 6.45) is -1.01. The molecule has 13 heteroatoms. The highest BCUT2D eigenvalue weighted by molar-refractivity contribution is 5.94. The first kappa shape index (κ1) is 26.8. The molecule has 0 aliphatic rings. The zero-order valence-corrected chi connectivity index (χ0v) is 17.0. The van der Waals surface area contributed by atoms with Crippen LogP contribution in [-0.4, -0.2) is 65.3 Å². The maximum absolute atomic E-state index is 12.6. The van der Waals surface area contributed by atoms with E-state index >= 15 is 0 Å². The van der Waals surface area contributed by atoms with Crippen LogP contribution in [0.5, 0.6) is 0 Å². The third kappa shape index (κ3) is 10.4. The van der Waals surface area contributed by atoms with Crippen molar-refractivity contribution in [2.24, 2.45) is 23.1 Å². The van der Waals surface area contributed by atoms with Gasteiger partial charge in [0.25, 0.3) is 0 Å². The van der Waals surface area contributed by atoms with Crippen molar-refractivity contribution in [1.82, 2.24) is 16.0 Å². The first-order chi connectivity index (χ1) is 13.9. The molecule has 170 valence electrons. The lowest BCUT2D eigenvalue weighted by Crippen LogP contribution is -2.57. The average molecular weight is 430 g/mol. The van der Waals surface area contributed by atoms with Crippen molar-refractivity contribution in [3.63, 3.8) is 0 Å². The second-order valence-electron chi connectivity index (χ2n) is 6.96. The summed E-state index contributed by atoms with van der Waals surface area (Å²) in [4.78, 5) is 70.0. The fraction of sp³-hybridized carbons (Fsp3) is 0.647. The van der Waals surface area contributed by atoms with Crippen molar-refractivity contribution in [1.29, 1.82) is 0 Å². The Hall–Kier alpha value is -3.22. The number of primary amides is 2. The van der Waals surface area contributed by atoms with E-state index in [1.807, 2.05) is 0 Å². The summed E-state index contributed by atoms with van der Waals surface area (Å²) < 4.78 is 0. The third-order valence-corrected chi connectivity index (χ3v) is 4.06. The molecule has 3 unspecified atom stereocenters. The van der Waals surface area contributed by atoms with Gasteiger partial charge in [-0.2, -0.15) is 0 Å². The minimum atomic E-state index is -1.43. The van der Waals surface area contributed by atoms with Gasteiger partial charge in [0.15, 0.2) is 0 Å². The second kappa shape index (κ2) is 13.1. The standard InChI is InChI=1S/C17H30N6O7/c1-8(2)14(23-13(26)7-18)16(28)21-9(3-5-11(19)24)15(27)22-10(17(29)30)4-6-12(20)25/h8-10,14H,3-7,18H2,1-2H3,(H2,19,24)(H2,20,25)(H,21,28)(H,22,27)(H,23,26)(H,29,30). The fourth-order valence-electron chi connectivity index (χ4n) is 2.40. The molecule has 0 fully saturated rings. The number of carboxylic acids is 1. The molecular weight excluding hydrogens is 400 g/mol. The quantitative estimate of drug-likeness (QED) is 0.147. The summed E-state index contributed by atoms with van der Waals surface area (Å²) in [6.45, 7) is 2.97. The van der Waals surface area contributed by atoms with Crippen LogP contribution in [0.15, 0.2) is 0 Å². The molecule has 0 spiro atoms. The van der Waals surface area contributed by atoms with E-state index in [0.717, 1.165) is 0 Å². The maximum Gasteiger partial charge on any atom is 0.326 e. The van der Waals surface area contributed by atoms with Gasteiger partial charge in [-0.15, -0.1) is 0 Å². The molecule has 5 amide bonds. The van der Waals surface area contributed by atoms with Gasteiger partial charge in [0.2, 0.25) is 29.5 Å². The van der Waals surface area contributed by atoms with Crippen LogP contribution in [0.4, 0.5) is 0 Å². The Morgan fingerprint density at radius 2 is 1.27 bits per heavy atom. The highest BCUT2D eigenvalue weighted by Crippen LogP contribution is 2.06. The van der Waals surface area contributed by atoms with Crippen LogP contribution in [0.25, 0.3) is 0 Å². The number of hydrogen-bond donors (Lipinski definition) is 7. The number of carbonyl (C=O) groups is 6. The summed E-state index contributed by atoms with van der Waals surface area (Å²) in [7, 11) is 0. The molecule has 0 aromatic rings. The lowest BCUT2D eigenvalue weighted by Gasteiger charge is -2.26. The number of nitrogens with one attached hydrogen (secondary N) is 3. The molecule has 0 aliphatic heterocycles. The average Bonchev–Trinajstić information content (AvgIpc) is 2.64. The van der Waals surface area contributed by atoms with Crippen LogP contribution in [0, 0.1) is 5.92 Å². The predicted octanol–water partition coefficient (Wildman–Crippen LogP) is -3.33. The normalized spacial score (nSPS) is 13.6. The van der Waals surface area contributed by atoms with Gasteiger partial charge in [-0.3, -0.25) is 24.0 Å². The molecule has 0 radical (unpaired) electrons. The molecule has 0 saturated heterocycles. The molecule has 10 N–H and O–H groups in total. The summed E-state index contributed by atoms with van der Waals surface area (Å²) in [5.74, 6) is -5.44. The molecule has 0 bridgehead atoms. The van der Waals surface area contributed by atoms with Crippen LogP contribution in [0.1, 0.15) is 39.5 Å². The van der Waals surface area contributed by atoms with E-state index in [9.17, 15) is 33.9 Å². The minimum Gasteiger partial charge on any atom is -0.480 e. The van der Waals surface area contributed by atoms with Gasteiger partial charge >= 0.3 is 5.97 Å². The first-order valence-corrected chi connectivity index (χ1v) is 9.28. The Morgan fingerprint density at radius 3 is 1.67 bits per heavy atom. The zero-order chi connectivity index (χ0) is 23.4. The van der Waals surface area contributed by atoms with E-state index in [0.29, 0.717) is 0 Å². The van der Waals surface area contributed by atoms with Crippen LogP contribution in [0.3, 0.4) is 0 Å². The molecule has 0 aliphatic carbocycles. The minimum absolute atomic E-state index is 0.204. The summed E-state index contributed by atoms with van der Waals surface area (Å²) in [5, 5.41) is 16.2. The number of carboxylic acid groups (broad SMARTS) is 1. The van der Waals surface area contributed by atoms with Crippen LogP contribution in [0.2, 0.25) is 0 Å². The molecule has 0 saturated carbocycles. The Morgan fingerprint density at radius 1 is 0.800 bits per heavy atom. The van der Waals surface area contributed by atoms with Gasteiger partial charge in [-0.05, 0) is 18.8 Å². The van der Waals surface area contributed by atoms with E-state index in [2.05, 4.69) is 16.0 Å². The number of nitrogens with two attached hydrogens (primary N) is 3. The largest absolute Gasteiger partial charge is 0.480 e. The van der Waals surface area contributed by atoms with E-state index in [-0.39, 0.29) is 38.1 Å². The van der Waals surface area contributed by atoms with Crippen molar-refractivity contribution in [2.45, 2.75) is 57.7 Å². The Balaban J connectivity index is 5.39. The van der Waals surface area contributed by atoms with Gasteiger partial charge in [-0.1, -0.05) is 13.8 Å². The van der Waals surface area contributed by atoms with Gasteiger partial charge in [0.05, 0.1) is 6.54 Å². The smallest absolute Gasteiger partial charge is 0.326 e. The van der Waals surface area contributed by atoms with Gasteiger partial charge in [0.1, 0.15) is 18.1 Å². The van der Waals surface area contributed by atoms with E-state index in [4.69, 9.17) is 17.2 Å². The monoisotopic (exact) mass is 430 g/mol. The molecule has 13 nitrogen and oxygen atoms in total. The molecule has 0 aromatic carbocycles. The summed E-state index contributed by atoms with van der Waals surface area (Å²) in [5.41, 5.74) is 15.3. The first-order valence-electron chi connectivity index (χ1n) is 9.28. The summed E-state index contributed by atoms with van der Waals surface area (Å²) in [6, 6.07) is -3.76. The second-order valence-corrected chi connectivity index (χ2v) is 6.96. The number of carbonyl (C=O) groups excluding carboxylic acids is 5. The molecule has 30 heavy (non-hydrogen) atoms. The van der Waals surface area contributed by atoms with Crippen LogP contribution >= 0.6 is 0 Å². The topological polar surface area (TPSA) is 237 Å². The van der Waals surface area contributed by atoms with Gasteiger partial charge < -0.3 is 38.3 Å².